The zero-order valence-electron chi connectivity index (χ0n) is 75.2. The summed E-state index contributed by atoms with van der Waals surface area (Å²) in [7, 11) is 4.74. The van der Waals surface area contributed by atoms with E-state index in [-0.39, 0.29) is 18.3 Å². The maximum absolute atomic E-state index is 11.7. The Balaban J connectivity index is 0.000000140. The molecule has 24 nitrogen and oxygen atoms in total. The van der Waals surface area contributed by atoms with Crippen molar-refractivity contribution in [3.8, 4) is 51.0 Å². The fraction of sp³-hybridized carbons (Fsp3) is 0.490. The topological polar surface area (TPSA) is 253 Å². The molecule has 0 radical (unpaired) electrons. The van der Waals surface area contributed by atoms with E-state index in [1.54, 1.807) is 32.7 Å². The number of carbonyl (C=O) groups is 3. The van der Waals surface area contributed by atoms with Gasteiger partial charge < -0.3 is 72.7 Å². The van der Waals surface area contributed by atoms with Gasteiger partial charge in [-0.1, -0.05) is 84.9 Å². The van der Waals surface area contributed by atoms with E-state index in [4.69, 9.17) is 57.6 Å². The van der Waals surface area contributed by atoms with Gasteiger partial charge in [-0.05, 0) is 238 Å². The van der Waals surface area contributed by atoms with Gasteiger partial charge in [0, 0.05) is 141 Å². The molecule has 674 valence electrons. The molecule has 25 heteroatoms. The van der Waals surface area contributed by atoms with Crippen LogP contribution in [0.2, 0.25) is 0 Å². The molecule has 0 spiro atoms. The lowest BCUT2D eigenvalue weighted by Gasteiger charge is -2.36. The van der Waals surface area contributed by atoms with Gasteiger partial charge in [0.1, 0.15) is 48.7 Å². The number of ether oxygens (including phenoxy) is 9. The van der Waals surface area contributed by atoms with Crippen molar-refractivity contribution in [1.29, 1.82) is 0 Å². The van der Waals surface area contributed by atoms with Crippen LogP contribution >= 0.6 is 11.3 Å². The minimum atomic E-state index is -0.805. The Labute approximate surface area is 751 Å². The number of anilines is 3. The first-order valence-corrected chi connectivity index (χ1v) is 46.5. The first-order chi connectivity index (χ1) is 61.8. The van der Waals surface area contributed by atoms with E-state index >= 15 is 0 Å². The van der Waals surface area contributed by atoms with Crippen LogP contribution in [0.1, 0.15) is 116 Å². The predicted octanol–water partition coefficient (Wildman–Crippen LogP) is 14.9. The highest BCUT2D eigenvalue weighted by atomic mass is 32.1. The van der Waals surface area contributed by atoms with E-state index in [0.717, 1.165) is 215 Å². The van der Waals surface area contributed by atoms with Crippen LogP contribution < -0.4 is 28.9 Å². The number of hydrogen-bond donors (Lipinski definition) is 3. The standard InChI is InChI=1S/C34H43N3O5S.2C34H41N3O5/c1-22-5-4-6-28(30-21-43-34(35-30)37-16-11-29(33(38)39)31(19-37)40-3)32(22)42-20-25-8-7-24-9-14-36(15-10-27(24)23(25)2)26-12-17-41-18-13-26;2*1-22-6-4-7-28(30-8-5-9-32(35-30)37-17-14-29(34(38)39)31(18-37)40-3)33(22)42-19-25-11-10-24-12-15-36(26-20-41-21-26)16-13-27(24)23(25)2/h4-8,21,26,29,31H,9-20H2,1-3H3,(H,38,39);2*4-11,26,29,31H,12-21H2,1-3H3,(H,38,39)/t29-,31+;2*29-,31-/m110/s1. The highest BCUT2D eigenvalue weighted by Crippen LogP contribution is 2.42. The monoisotopic (exact) mass is 1750 g/mol. The first kappa shape index (κ1) is 90.5. The van der Waals surface area contributed by atoms with Crippen molar-refractivity contribution >= 4 is 46.0 Å². The molecule has 9 aliphatic rings. The summed E-state index contributed by atoms with van der Waals surface area (Å²) in [6, 6.07) is 46.0. The molecule has 6 fully saturated rings. The lowest BCUT2D eigenvalue weighted by molar-refractivity contribution is -0.148. The van der Waals surface area contributed by atoms with Gasteiger partial charge in [0.25, 0.3) is 0 Å². The van der Waals surface area contributed by atoms with Crippen molar-refractivity contribution < 1.29 is 72.3 Å². The minimum Gasteiger partial charge on any atom is -0.488 e. The molecule has 0 saturated carbocycles. The number of rotatable bonds is 24. The Bertz CT molecular complexity index is 5130. The molecule has 6 atom stereocenters. The van der Waals surface area contributed by atoms with Crippen molar-refractivity contribution in [1.82, 2.24) is 29.7 Å². The van der Waals surface area contributed by atoms with Crippen LogP contribution in [0.25, 0.3) is 33.8 Å². The summed E-state index contributed by atoms with van der Waals surface area (Å²) in [5, 5.41) is 31.7. The molecule has 3 aromatic heterocycles. The Morgan fingerprint density at radius 3 is 1.09 bits per heavy atom. The van der Waals surface area contributed by atoms with Gasteiger partial charge >= 0.3 is 17.9 Å². The number of aliphatic carboxylic acids is 3. The molecule has 127 heavy (non-hydrogen) atoms. The predicted molar refractivity (Wildman–Crippen MR) is 494 cm³/mol. The van der Waals surface area contributed by atoms with Crippen molar-refractivity contribution in [2.45, 2.75) is 168 Å². The van der Waals surface area contributed by atoms with E-state index in [1.807, 2.05) is 54.6 Å². The smallest absolute Gasteiger partial charge is 0.309 e. The summed E-state index contributed by atoms with van der Waals surface area (Å²) >= 11 is 1.58. The van der Waals surface area contributed by atoms with Crippen LogP contribution in [0.15, 0.2) is 133 Å². The van der Waals surface area contributed by atoms with Gasteiger partial charge in [0.15, 0.2) is 5.13 Å². The number of nitrogens with zero attached hydrogens (tertiary/aromatic N) is 9. The number of carboxylic acids is 3. The molecule has 0 unspecified atom stereocenters. The minimum absolute atomic E-state index is 0.356. The summed E-state index contributed by atoms with van der Waals surface area (Å²) in [5.74, 6) is 0.273. The fourth-order valence-electron chi connectivity index (χ4n) is 20.2. The molecule has 12 heterocycles. The number of aryl methyl sites for hydroxylation is 3. The van der Waals surface area contributed by atoms with Gasteiger partial charge in [0.2, 0.25) is 0 Å². The lowest BCUT2D eigenvalue weighted by Crippen LogP contribution is -2.49. The third-order valence-electron chi connectivity index (χ3n) is 28.4. The normalized spacial score (nSPS) is 21.5. The summed E-state index contributed by atoms with van der Waals surface area (Å²) < 4.78 is 52.9. The molecule has 6 aromatic carbocycles. The third-order valence-corrected chi connectivity index (χ3v) is 29.3. The number of pyridine rings is 2. The number of benzene rings is 6. The number of thiazole rings is 1. The molecule has 18 rings (SSSR count). The van der Waals surface area contributed by atoms with E-state index in [1.165, 1.54) is 66.8 Å². The number of aromatic nitrogens is 3. The fourth-order valence-corrected chi connectivity index (χ4v) is 21.1. The Morgan fingerprint density at radius 1 is 0.386 bits per heavy atom. The van der Waals surface area contributed by atoms with Gasteiger partial charge in [-0.25, -0.2) is 15.0 Å². The summed E-state index contributed by atoms with van der Waals surface area (Å²) in [6.07, 6.45) is 9.22. The van der Waals surface area contributed by atoms with Gasteiger partial charge in [0.05, 0.1) is 91.7 Å². The number of hydrogen-bond acceptors (Lipinski definition) is 22. The maximum atomic E-state index is 11.7. The number of carboxylic acid groups (broad SMARTS) is 3. The molecular formula is C102H125N9O15S. The van der Waals surface area contributed by atoms with Crippen molar-refractivity contribution in [3.63, 3.8) is 0 Å². The van der Waals surface area contributed by atoms with Crippen LogP contribution in [0.4, 0.5) is 16.8 Å². The zero-order chi connectivity index (χ0) is 88.4. The average Bonchev–Trinajstić information content (AvgIpc) is 1.01. The van der Waals surface area contributed by atoms with Crippen LogP contribution in [-0.4, -0.2) is 239 Å². The second-order valence-electron chi connectivity index (χ2n) is 35.7. The SMILES string of the molecule is CO[C@@H]1CN(c2cccc(-c3cccc(C)c3OCc3ccc4c(c3C)CCN(C3COC3)CC4)n2)CC[C@H]1C(=O)O.CO[C@H]1CN(c2cccc(-c3cccc(C)c3OCc3ccc4c(c3C)CCN(C3COC3)CC4)n2)CC[C@@H]1C(=O)O.CO[C@H]1CN(c2nc(-c3cccc(C)c3OCc3ccc4c(c3C)CCN(C3CCOCC3)CC4)cs2)CC[C@H]1C(=O)O. The van der Waals surface area contributed by atoms with Crippen molar-refractivity contribution in [2.24, 2.45) is 17.8 Å². The van der Waals surface area contributed by atoms with Gasteiger partial charge in [-0.2, -0.15) is 0 Å². The highest BCUT2D eigenvalue weighted by Gasteiger charge is 2.40. The molecule has 0 bridgehead atoms. The molecule has 6 saturated heterocycles. The summed E-state index contributed by atoms with van der Waals surface area (Å²) in [6.45, 7) is 29.7. The van der Waals surface area contributed by atoms with Gasteiger partial charge in [-0.3, -0.25) is 29.1 Å². The molecule has 9 aromatic rings. The molecule has 0 aliphatic carbocycles. The third kappa shape index (κ3) is 20.7. The Kier molecular flexibility index (Phi) is 29.7. The molecular weight excluding hydrogens is 1620 g/mol. The number of piperidine rings is 3. The van der Waals surface area contributed by atoms with Crippen LogP contribution in [0.5, 0.6) is 17.2 Å². The molecule has 0 amide bonds. The number of fused-ring (bicyclic) bond motifs is 3. The van der Waals surface area contributed by atoms with E-state index in [0.29, 0.717) is 96.5 Å². The van der Waals surface area contributed by atoms with Crippen LogP contribution in [0.3, 0.4) is 0 Å². The van der Waals surface area contributed by atoms with Crippen LogP contribution in [-0.2, 0) is 101 Å². The average molecular weight is 1750 g/mol. The maximum Gasteiger partial charge on any atom is 0.309 e. The van der Waals surface area contributed by atoms with Crippen molar-refractivity contribution in [3.05, 3.63) is 216 Å². The second-order valence-corrected chi connectivity index (χ2v) is 36.5. The zero-order valence-corrected chi connectivity index (χ0v) is 76.0. The summed E-state index contributed by atoms with van der Waals surface area (Å²) in [4.78, 5) is 64.2. The number of methoxy groups -OCH3 is 3. The highest BCUT2D eigenvalue weighted by molar-refractivity contribution is 7.14. The lowest BCUT2D eigenvalue weighted by atomic mass is 9.94. The number of para-hydroxylation sites is 3. The molecule has 3 N–H and O–H groups in total. The Morgan fingerprint density at radius 2 is 0.732 bits per heavy atom. The van der Waals surface area contributed by atoms with Gasteiger partial charge in [-0.15, -0.1) is 11.3 Å². The largest absolute Gasteiger partial charge is 0.488 e. The first-order valence-electron chi connectivity index (χ1n) is 45.6. The van der Waals surface area contributed by atoms with E-state index < -0.39 is 35.7 Å². The Hall–Kier alpha value is -9.90. The van der Waals surface area contributed by atoms with E-state index in [9.17, 15) is 29.7 Å². The quantitative estimate of drug-likeness (QED) is 0.0508. The van der Waals surface area contributed by atoms with E-state index in [2.05, 4.69) is 149 Å². The van der Waals surface area contributed by atoms with Crippen molar-refractivity contribution in [2.75, 3.05) is 154 Å². The summed E-state index contributed by atoms with van der Waals surface area (Å²) in [5.41, 5.74) is 25.2. The second kappa shape index (κ2) is 41.7. The van der Waals surface area contributed by atoms with Crippen LogP contribution in [0, 0.1) is 59.3 Å². The molecule has 9 aliphatic heterocycles.